The molecule has 0 heterocycles. The van der Waals surface area contributed by atoms with Crippen LogP contribution in [0.15, 0.2) is 30.3 Å². The molecule has 1 aromatic rings. The Hall–Kier alpha value is -1.39. The number of methoxy groups -OCH3 is 1. The fourth-order valence-corrected chi connectivity index (χ4v) is 2.19. The number of hydrogen-bond donors (Lipinski definition) is 2. The highest BCUT2D eigenvalue weighted by Gasteiger charge is 2.33. The minimum atomic E-state index is -0.560. The van der Waals surface area contributed by atoms with Crippen LogP contribution >= 0.6 is 0 Å². The van der Waals surface area contributed by atoms with Crippen LogP contribution < -0.4 is 11.1 Å². The van der Waals surface area contributed by atoms with E-state index in [9.17, 15) is 4.79 Å². The molecule has 1 amide bonds. The van der Waals surface area contributed by atoms with Crippen molar-refractivity contribution in [2.75, 3.05) is 13.7 Å². The average Bonchev–Trinajstić information content (AvgIpc) is 2.36. The van der Waals surface area contributed by atoms with Crippen molar-refractivity contribution in [3.8, 4) is 0 Å². The predicted octanol–water partition coefficient (Wildman–Crippen LogP) is 1.37. The molecule has 0 spiro atoms. The van der Waals surface area contributed by atoms with Crippen LogP contribution in [0, 0.1) is 0 Å². The molecule has 0 bridgehead atoms. The van der Waals surface area contributed by atoms with Gasteiger partial charge in [-0.1, -0.05) is 30.3 Å². The van der Waals surface area contributed by atoms with Crippen molar-refractivity contribution in [3.05, 3.63) is 35.9 Å². The first kappa shape index (κ1) is 13.1. The van der Waals surface area contributed by atoms with Gasteiger partial charge in [0, 0.05) is 19.2 Å². The van der Waals surface area contributed by atoms with Gasteiger partial charge in [-0.2, -0.15) is 0 Å². The first-order valence-corrected chi connectivity index (χ1v) is 6.29. The number of benzene rings is 1. The summed E-state index contributed by atoms with van der Waals surface area (Å²) >= 11 is 0. The second-order valence-electron chi connectivity index (χ2n) is 4.96. The lowest BCUT2D eigenvalue weighted by Gasteiger charge is -2.38. The Balaban J connectivity index is 1.94. The van der Waals surface area contributed by atoms with Crippen molar-refractivity contribution < 1.29 is 9.53 Å². The SMILES string of the molecule is COC(C(=O)NCC1(N)CCC1)c1ccccc1. The summed E-state index contributed by atoms with van der Waals surface area (Å²) < 4.78 is 5.26. The predicted molar refractivity (Wildman–Crippen MR) is 70.0 cm³/mol. The molecule has 2 rings (SSSR count). The second kappa shape index (κ2) is 5.50. The van der Waals surface area contributed by atoms with E-state index in [0.717, 1.165) is 24.8 Å². The Morgan fingerprint density at radius 1 is 1.44 bits per heavy atom. The molecule has 98 valence electrons. The van der Waals surface area contributed by atoms with Gasteiger partial charge in [-0.05, 0) is 24.8 Å². The fourth-order valence-electron chi connectivity index (χ4n) is 2.19. The van der Waals surface area contributed by atoms with Gasteiger partial charge in [0.2, 0.25) is 0 Å². The monoisotopic (exact) mass is 248 g/mol. The van der Waals surface area contributed by atoms with Gasteiger partial charge in [-0.25, -0.2) is 0 Å². The zero-order valence-electron chi connectivity index (χ0n) is 10.7. The number of ether oxygens (including phenoxy) is 1. The molecule has 0 radical (unpaired) electrons. The summed E-state index contributed by atoms with van der Waals surface area (Å²) in [6.45, 7) is 0.526. The third kappa shape index (κ3) is 2.89. The van der Waals surface area contributed by atoms with Gasteiger partial charge in [-0.3, -0.25) is 4.79 Å². The van der Waals surface area contributed by atoms with Crippen LogP contribution in [0.25, 0.3) is 0 Å². The zero-order valence-corrected chi connectivity index (χ0v) is 10.7. The maximum absolute atomic E-state index is 12.1. The van der Waals surface area contributed by atoms with E-state index in [1.807, 2.05) is 30.3 Å². The van der Waals surface area contributed by atoms with Gasteiger partial charge >= 0.3 is 0 Å². The normalized spacial score (nSPS) is 18.8. The van der Waals surface area contributed by atoms with Crippen molar-refractivity contribution in [2.45, 2.75) is 30.9 Å². The summed E-state index contributed by atoms with van der Waals surface area (Å²) in [5, 5.41) is 2.89. The van der Waals surface area contributed by atoms with Crippen molar-refractivity contribution >= 4 is 5.91 Å². The van der Waals surface area contributed by atoms with E-state index in [1.165, 1.54) is 0 Å². The molecule has 1 aromatic carbocycles. The van der Waals surface area contributed by atoms with Crippen LogP contribution in [0.4, 0.5) is 0 Å². The molecule has 1 unspecified atom stereocenters. The first-order chi connectivity index (χ1) is 8.64. The Bertz CT molecular complexity index is 402. The highest BCUT2D eigenvalue weighted by molar-refractivity contribution is 5.82. The van der Waals surface area contributed by atoms with Gasteiger partial charge in [-0.15, -0.1) is 0 Å². The molecule has 1 aliphatic rings. The number of nitrogens with two attached hydrogens (primary N) is 1. The smallest absolute Gasteiger partial charge is 0.253 e. The van der Waals surface area contributed by atoms with Crippen LogP contribution in [0.5, 0.6) is 0 Å². The third-order valence-electron chi connectivity index (χ3n) is 3.54. The van der Waals surface area contributed by atoms with Crippen LogP contribution in [0.3, 0.4) is 0 Å². The minimum absolute atomic E-state index is 0.125. The number of carbonyl (C=O) groups is 1. The molecule has 3 N–H and O–H groups in total. The Labute approximate surface area is 108 Å². The van der Waals surface area contributed by atoms with Crippen LogP contribution in [0.2, 0.25) is 0 Å². The Kier molecular flexibility index (Phi) is 3.99. The summed E-state index contributed by atoms with van der Waals surface area (Å²) in [5.74, 6) is -0.125. The molecule has 18 heavy (non-hydrogen) atoms. The summed E-state index contributed by atoms with van der Waals surface area (Å²) in [6, 6.07) is 9.47. The van der Waals surface area contributed by atoms with Gasteiger partial charge in [0.1, 0.15) is 0 Å². The molecular formula is C14H20N2O2. The van der Waals surface area contributed by atoms with Gasteiger partial charge < -0.3 is 15.8 Å². The quantitative estimate of drug-likeness (QED) is 0.827. The number of hydrogen-bond acceptors (Lipinski definition) is 3. The Morgan fingerprint density at radius 2 is 2.11 bits per heavy atom. The summed E-state index contributed by atoms with van der Waals surface area (Å²) in [4.78, 5) is 12.1. The molecule has 4 heteroatoms. The number of nitrogens with one attached hydrogen (secondary N) is 1. The van der Waals surface area contributed by atoms with E-state index in [-0.39, 0.29) is 11.4 Å². The molecule has 1 atom stereocenters. The van der Waals surface area contributed by atoms with Crippen LogP contribution in [-0.4, -0.2) is 25.1 Å². The molecule has 4 nitrogen and oxygen atoms in total. The maximum atomic E-state index is 12.1. The van der Waals surface area contributed by atoms with Crippen molar-refractivity contribution in [1.29, 1.82) is 0 Å². The lowest BCUT2D eigenvalue weighted by molar-refractivity contribution is -0.131. The largest absolute Gasteiger partial charge is 0.367 e. The van der Waals surface area contributed by atoms with Crippen LogP contribution in [-0.2, 0) is 9.53 Å². The summed E-state index contributed by atoms with van der Waals surface area (Å²) in [6.07, 6.45) is 2.56. The molecular weight excluding hydrogens is 228 g/mol. The van der Waals surface area contributed by atoms with Crippen molar-refractivity contribution in [3.63, 3.8) is 0 Å². The highest BCUT2D eigenvalue weighted by atomic mass is 16.5. The number of rotatable bonds is 5. The lowest BCUT2D eigenvalue weighted by atomic mass is 9.78. The van der Waals surface area contributed by atoms with Gasteiger partial charge in [0.25, 0.3) is 5.91 Å². The van der Waals surface area contributed by atoms with E-state index >= 15 is 0 Å². The molecule has 1 aliphatic carbocycles. The van der Waals surface area contributed by atoms with E-state index in [4.69, 9.17) is 10.5 Å². The number of carbonyl (C=O) groups excluding carboxylic acids is 1. The van der Waals surface area contributed by atoms with E-state index in [2.05, 4.69) is 5.32 Å². The average molecular weight is 248 g/mol. The molecule has 0 saturated heterocycles. The molecule has 0 aromatic heterocycles. The zero-order chi connectivity index (χ0) is 13.0. The standard InChI is InChI=1S/C14H20N2O2/c1-18-12(11-6-3-2-4-7-11)13(17)16-10-14(15)8-5-9-14/h2-4,6-7,12H,5,8-10,15H2,1H3,(H,16,17). The Morgan fingerprint density at radius 3 is 2.61 bits per heavy atom. The minimum Gasteiger partial charge on any atom is -0.367 e. The fraction of sp³-hybridized carbons (Fsp3) is 0.500. The van der Waals surface area contributed by atoms with Gasteiger partial charge in [0.15, 0.2) is 6.10 Å². The van der Waals surface area contributed by atoms with Crippen molar-refractivity contribution in [2.24, 2.45) is 5.73 Å². The summed E-state index contributed by atoms with van der Waals surface area (Å²) in [5.41, 5.74) is 6.73. The van der Waals surface area contributed by atoms with Gasteiger partial charge in [0.05, 0.1) is 0 Å². The summed E-state index contributed by atoms with van der Waals surface area (Å²) in [7, 11) is 1.54. The van der Waals surface area contributed by atoms with E-state index in [0.29, 0.717) is 6.54 Å². The second-order valence-corrected chi connectivity index (χ2v) is 4.96. The molecule has 0 aliphatic heterocycles. The lowest BCUT2D eigenvalue weighted by Crippen LogP contribution is -2.55. The highest BCUT2D eigenvalue weighted by Crippen LogP contribution is 2.28. The third-order valence-corrected chi connectivity index (χ3v) is 3.54. The first-order valence-electron chi connectivity index (χ1n) is 6.29. The van der Waals surface area contributed by atoms with E-state index < -0.39 is 6.10 Å². The van der Waals surface area contributed by atoms with Crippen molar-refractivity contribution in [1.82, 2.24) is 5.32 Å². The van der Waals surface area contributed by atoms with Crippen LogP contribution in [0.1, 0.15) is 30.9 Å². The number of amides is 1. The topological polar surface area (TPSA) is 64.3 Å². The molecule has 1 saturated carbocycles. The molecule has 1 fully saturated rings. The van der Waals surface area contributed by atoms with E-state index in [1.54, 1.807) is 7.11 Å². The maximum Gasteiger partial charge on any atom is 0.253 e.